The predicted octanol–water partition coefficient (Wildman–Crippen LogP) is 3.56. The van der Waals surface area contributed by atoms with E-state index in [0.717, 1.165) is 11.2 Å². The summed E-state index contributed by atoms with van der Waals surface area (Å²) in [5, 5.41) is 1.49. The highest BCUT2D eigenvalue weighted by Crippen LogP contribution is 2.31. The Morgan fingerprint density at radius 2 is 1.91 bits per heavy atom. The topological polar surface area (TPSA) is 50.3 Å². The summed E-state index contributed by atoms with van der Waals surface area (Å²) < 4.78 is 24.0. The Balaban J connectivity index is 1.98. The number of hydrogen-bond donors (Lipinski definition) is 0. The predicted molar refractivity (Wildman–Crippen MR) is 91.8 cm³/mol. The number of benzene rings is 1. The molecular weight excluding hydrogens is 343 g/mol. The van der Waals surface area contributed by atoms with Crippen molar-refractivity contribution in [2.45, 2.75) is 18.6 Å². The number of fused-ring (bicyclic) bond motifs is 1. The van der Waals surface area contributed by atoms with Gasteiger partial charge in [-0.05, 0) is 31.5 Å². The summed E-state index contributed by atoms with van der Waals surface area (Å²) in [6.45, 7) is 2.88. The minimum absolute atomic E-state index is 0.150. The summed E-state index contributed by atoms with van der Waals surface area (Å²) in [7, 11) is -3.01. The SMILES string of the molecule is C[C@@H]1CCN(c2ccc3ccc(Cl)c(Cl)c3n2)CCS1(=O)=O. The molecule has 0 unspecified atom stereocenters. The lowest BCUT2D eigenvalue weighted by Gasteiger charge is -2.21. The summed E-state index contributed by atoms with van der Waals surface area (Å²) in [6.07, 6.45) is 0.603. The molecule has 2 aromatic rings. The van der Waals surface area contributed by atoms with E-state index in [9.17, 15) is 8.42 Å². The molecule has 1 saturated heterocycles. The molecule has 0 spiro atoms. The lowest BCUT2D eigenvalue weighted by Crippen LogP contribution is -2.27. The number of anilines is 1. The van der Waals surface area contributed by atoms with Gasteiger partial charge in [0.15, 0.2) is 9.84 Å². The second kappa shape index (κ2) is 5.87. The van der Waals surface area contributed by atoms with E-state index in [1.807, 2.05) is 23.1 Å². The smallest absolute Gasteiger partial charge is 0.154 e. The quantitative estimate of drug-likeness (QED) is 0.781. The van der Waals surface area contributed by atoms with E-state index in [0.29, 0.717) is 35.1 Å². The lowest BCUT2D eigenvalue weighted by atomic mass is 10.2. The van der Waals surface area contributed by atoms with Gasteiger partial charge in [0, 0.05) is 18.5 Å². The molecule has 7 heteroatoms. The Morgan fingerprint density at radius 3 is 2.68 bits per heavy atom. The van der Waals surface area contributed by atoms with Crippen LogP contribution in [0, 0.1) is 0 Å². The monoisotopic (exact) mass is 358 g/mol. The fraction of sp³-hybridized carbons (Fsp3) is 0.400. The normalized spacial score (nSPS) is 21.8. The van der Waals surface area contributed by atoms with Gasteiger partial charge in [0.05, 0.1) is 26.6 Å². The maximum atomic E-state index is 12.0. The number of aromatic nitrogens is 1. The number of hydrogen-bond acceptors (Lipinski definition) is 4. The zero-order chi connectivity index (χ0) is 15.9. The van der Waals surface area contributed by atoms with Crippen LogP contribution in [0.3, 0.4) is 0 Å². The summed E-state index contributed by atoms with van der Waals surface area (Å²) in [5.41, 5.74) is 0.645. The minimum atomic E-state index is -3.01. The van der Waals surface area contributed by atoms with Gasteiger partial charge in [0.25, 0.3) is 0 Å². The van der Waals surface area contributed by atoms with E-state index in [4.69, 9.17) is 23.2 Å². The standard InChI is InChI=1S/C15H16Cl2N2O2S/c1-10-6-7-19(8-9-22(10,20)21)13-5-3-11-2-4-12(16)14(17)15(11)18-13/h2-5,10H,6-9H2,1H3/t10-/m1/s1. The number of rotatable bonds is 1. The lowest BCUT2D eigenvalue weighted by molar-refractivity contribution is 0.584. The highest BCUT2D eigenvalue weighted by molar-refractivity contribution is 7.92. The molecule has 1 fully saturated rings. The van der Waals surface area contributed by atoms with Gasteiger partial charge in [-0.25, -0.2) is 13.4 Å². The molecule has 0 amide bonds. The van der Waals surface area contributed by atoms with Gasteiger partial charge in [-0.1, -0.05) is 29.3 Å². The van der Waals surface area contributed by atoms with Crippen LogP contribution in [0.4, 0.5) is 5.82 Å². The number of halogens is 2. The molecule has 0 saturated carbocycles. The Morgan fingerprint density at radius 1 is 1.18 bits per heavy atom. The van der Waals surface area contributed by atoms with Gasteiger partial charge < -0.3 is 4.90 Å². The van der Waals surface area contributed by atoms with Crippen LogP contribution in [0.5, 0.6) is 0 Å². The van der Waals surface area contributed by atoms with Crippen molar-refractivity contribution >= 4 is 49.8 Å². The van der Waals surface area contributed by atoms with Crippen molar-refractivity contribution in [3.8, 4) is 0 Å². The zero-order valence-electron chi connectivity index (χ0n) is 12.1. The zero-order valence-corrected chi connectivity index (χ0v) is 14.4. The van der Waals surface area contributed by atoms with Crippen molar-refractivity contribution in [2.24, 2.45) is 0 Å². The fourth-order valence-electron chi connectivity index (χ4n) is 2.59. The molecule has 1 aliphatic rings. The van der Waals surface area contributed by atoms with Crippen molar-refractivity contribution in [3.63, 3.8) is 0 Å². The molecule has 0 bridgehead atoms. The Labute approximate surface area is 140 Å². The molecule has 118 valence electrons. The first-order valence-corrected chi connectivity index (χ1v) is 9.57. The molecule has 1 aromatic heterocycles. The van der Waals surface area contributed by atoms with Crippen molar-refractivity contribution in [2.75, 3.05) is 23.7 Å². The third-order valence-electron chi connectivity index (χ3n) is 4.13. The van der Waals surface area contributed by atoms with E-state index in [2.05, 4.69) is 4.98 Å². The van der Waals surface area contributed by atoms with Gasteiger partial charge >= 0.3 is 0 Å². The third kappa shape index (κ3) is 2.90. The van der Waals surface area contributed by atoms with E-state index >= 15 is 0 Å². The van der Waals surface area contributed by atoms with Gasteiger partial charge in [-0.15, -0.1) is 0 Å². The van der Waals surface area contributed by atoms with Crippen LogP contribution in [0.25, 0.3) is 10.9 Å². The van der Waals surface area contributed by atoms with Crippen LogP contribution in [0.15, 0.2) is 24.3 Å². The van der Waals surface area contributed by atoms with Gasteiger partial charge in [-0.3, -0.25) is 0 Å². The molecule has 3 rings (SSSR count). The minimum Gasteiger partial charge on any atom is -0.356 e. The number of nitrogens with zero attached hydrogens (tertiary/aromatic N) is 2. The third-order valence-corrected chi connectivity index (χ3v) is 7.13. The summed E-state index contributed by atoms with van der Waals surface area (Å²) in [6, 6.07) is 7.45. The second-order valence-electron chi connectivity index (χ2n) is 5.56. The molecule has 1 atom stereocenters. The fourth-order valence-corrected chi connectivity index (χ4v) is 4.30. The van der Waals surface area contributed by atoms with Crippen molar-refractivity contribution in [1.29, 1.82) is 0 Å². The summed E-state index contributed by atoms with van der Waals surface area (Å²) in [4.78, 5) is 6.59. The largest absolute Gasteiger partial charge is 0.356 e. The molecule has 2 heterocycles. The second-order valence-corrected chi connectivity index (χ2v) is 8.88. The highest BCUT2D eigenvalue weighted by atomic mass is 35.5. The molecule has 1 aliphatic heterocycles. The Hall–Kier alpha value is -1.04. The van der Waals surface area contributed by atoms with E-state index in [-0.39, 0.29) is 11.0 Å². The van der Waals surface area contributed by atoms with Gasteiger partial charge in [-0.2, -0.15) is 0 Å². The Bertz CT molecular complexity index is 824. The first-order valence-electron chi connectivity index (χ1n) is 7.10. The van der Waals surface area contributed by atoms with Crippen LogP contribution < -0.4 is 4.90 Å². The summed E-state index contributed by atoms with van der Waals surface area (Å²) >= 11 is 12.3. The van der Waals surface area contributed by atoms with Crippen molar-refractivity contribution in [1.82, 2.24) is 4.98 Å². The molecule has 0 radical (unpaired) electrons. The molecule has 0 N–H and O–H groups in total. The molecule has 0 aliphatic carbocycles. The number of sulfone groups is 1. The van der Waals surface area contributed by atoms with Crippen LogP contribution in [0.2, 0.25) is 10.0 Å². The first-order chi connectivity index (χ1) is 10.4. The highest BCUT2D eigenvalue weighted by Gasteiger charge is 2.26. The van der Waals surface area contributed by atoms with Crippen molar-refractivity contribution in [3.05, 3.63) is 34.3 Å². The first kappa shape index (κ1) is 15.8. The molecule has 1 aromatic carbocycles. The van der Waals surface area contributed by atoms with Crippen LogP contribution in [-0.4, -0.2) is 37.5 Å². The van der Waals surface area contributed by atoms with Gasteiger partial charge in [0.1, 0.15) is 5.82 Å². The van der Waals surface area contributed by atoms with Gasteiger partial charge in [0.2, 0.25) is 0 Å². The van der Waals surface area contributed by atoms with Crippen molar-refractivity contribution < 1.29 is 8.42 Å². The van der Waals surface area contributed by atoms with Crippen LogP contribution in [-0.2, 0) is 9.84 Å². The Kier molecular flexibility index (Phi) is 4.23. The average Bonchev–Trinajstić information content (AvgIpc) is 2.63. The van der Waals surface area contributed by atoms with Crippen LogP contribution in [0.1, 0.15) is 13.3 Å². The molecule has 4 nitrogen and oxygen atoms in total. The maximum absolute atomic E-state index is 12.0. The van der Waals surface area contributed by atoms with E-state index in [1.54, 1.807) is 13.0 Å². The van der Waals surface area contributed by atoms with E-state index < -0.39 is 9.84 Å². The molecule has 22 heavy (non-hydrogen) atoms. The molecular formula is C15H16Cl2N2O2S. The number of pyridine rings is 1. The average molecular weight is 359 g/mol. The van der Waals surface area contributed by atoms with Crippen LogP contribution >= 0.6 is 23.2 Å². The maximum Gasteiger partial charge on any atom is 0.154 e. The van der Waals surface area contributed by atoms with E-state index in [1.165, 1.54) is 0 Å². The summed E-state index contributed by atoms with van der Waals surface area (Å²) in [5.74, 6) is 0.887.